The zero-order valence-electron chi connectivity index (χ0n) is 17.8. The van der Waals surface area contributed by atoms with E-state index < -0.39 is 0 Å². The number of benzene rings is 2. The second-order valence-corrected chi connectivity index (χ2v) is 7.66. The van der Waals surface area contributed by atoms with Gasteiger partial charge in [-0.15, -0.1) is 0 Å². The molecule has 3 rings (SSSR count). The van der Waals surface area contributed by atoms with Crippen LogP contribution in [0.15, 0.2) is 48.5 Å². The molecule has 29 heavy (non-hydrogen) atoms. The SMILES string of the molecule is COc1ccc(CCC2CCCCN2C(=O)CN(C)c2ccccc2)cc1OC. The Morgan fingerprint density at radius 1 is 1.07 bits per heavy atom. The van der Waals surface area contributed by atoms with Crippen molar-refractivity contribution in [2.45, 2.75) is 38.1 Å². The Hall–Kier alpha value is -2.69. The number of aryl methyl sites for hydroxylation is 1. The van der Waals surface area contributed by atoms with Crippen LogP contribution in [-0.4, -0.2) is 51.2 Å². The number of likely N-dealkylation sites (tertiary alicyclic amines) is 1. The first-order chi connectivity index (χ1) is 14.1. The summed E-state index contributed by atoms with van der Waals surface area (Å²) in [6, 6.07) is 16.5. The van der Waals surface area contributed by atoms with Gasteiger partial charge in [0.05, 0.1) is 20.8 Å². The molecule has 1 aliphatic rings. The van der Waals surface area contributed by atoms with Crippen molar-refractivity contribution < 1.29 is 14.3 Å². The summed E-state index contributed by atoms with van der Waals surface area (Å²) in [7, 11) is 5.29. The number of hydrogen-bond acceptors (Lipinski definition) is 4. The smallest absolute Gasteiger partial charge is 0.242 e. The van der Waals surface area contributed by atoms with Gasteiger partial charge in [0.25, 0.3) is 0 Å². The lowest BCUT2D eigenvalue weighted by Gasteiger charge is -2.37. The molecule has 1 aliphatic heterocycles. The molecule has 5 heteroatoms. The van der Waals surface area contributed by atoms with E-state index in [9.17, 15) is 4.79 Å². The fraction of sp³-hybridized carbons (Fsp3) is 0.458. The van der Waals surface area contributed by atoms with Crippen molar-refractivity contribution in [3.63, 3.8) is 0 Å². The maximum atomic E-state index is 13.0. The monoisotopic (exact) mass is 396 g/mol. The first kappa shape index (κ1) is 21.0. The summed E-state index contributed by atoms with van der Waals surface area (Å²) in [5.41, 5.74) is 2.28. The average Bonchev–Trinajstić information content (AvgIpc) is 2.78. The summed E-state index contributed by atoms with van der Waals surface area (Å²) in [4.78, 5) is 17.2. The topological polar surface area (TPSA) is 42.0 Å². The van der Waals surface area contributed by atoms with Gasteiger partial charge in [0.2, 0.25) is 5.91 Å². The van der Waals surface area contributed by atoms with Gasteiger partial charge in [0, 0.05) is 25.3 Å². The molecule has 0 radical (unpaired) electrons. The predicted molar refractivity (Wildman–Crippen MR) is 117 cm³/mol. The van der Waals surface area contributed by atoms with Crippen molar-refractivity contribution in [1.82, 2.24) is 4.90 Å². The average molecular weight is 397 g/mol. The minimum atomic E-state index is 0.216. The second-order valence-electron chi connectivity index (χ2n) is 7.66. The highest BCUT2D eigenvalue weighted by Gasteiger charge is 2.27. The van der Waals surface area contributed by atoms with Crippen LogP contribution in [-0.2, 0) is 11.2 Å². The zero-order valence-corrected chi connectivity index (χ0v) is 17.8. The van der Waals surface area contributed by atoms with E-state index in [1.807, 2.05) is 54.4 Å². The van der Waals surface area contributed by atoms with Crippen LogP contribution in [0, 0.1) is 0 Å². The lowest BCUT2D eigenvalue weighted by Crippen LogP contribution is -2.47. The van der Waals surface area contributed by atoms with E-state index in [4.69, 9.17) is 9.47 Å². The maximum absolute atomic E-state index is 13.0. The molecule has 156 valence electrons. The van der Waals surface area contributed by atoms with Gasteiger partial charge in [-0.25, -0.2) is 0 Å². The fourth-order valence-electron chi connectivity index (χ4n) is 4.07. The third-order valence-corrected chi connectivity index (χ3v) is 5.73. The molecule has 0 spiro atoms. The highest BCUT2D eigenvalue weighted by Crippen LogP contribution is 2.29. The Bertz CT molecular complexity index is 794. The Kier molecular flexibility index (Phi) is 7.39. The number of para-hydroxylation sites is 1. The lowest BCUT2D eigenvalue weighted by molar-refractivity contribution is -0.133. The Balaban J connectivity index is 1.61. The standard InChI is InChI=1S/C24H32N2O3/c1-25(20-9-5-4-6-10-20)18-24(27)26-16-8-7-11-21(26)14-12-19-13-15-22(28-2)23(17-19)29-3/h4-6,9-10,13,15,17,21H,7-8,11-12,14,16,18H2,1-3H3. The summed E-state index contributed by atoms with van der Waals surface area (Å²) in [6.45, 7) is 1.27. The van der Waals surface area contributed by atoms with Crippen LogP contribution in [0.4, 0.5) is 5.69 Å². The van der Waals surface area contributed by atoms with E-state index in [2.05, 4.69) is 11.0 Å². The summed E-state index contributed by atoms with van der Waals surface area (Å²) >= 11 is 0. The van der Waals surface area contributed by atoms with E-state index in [0.29, 0.717) is 12.6 Å². The van der Waals surface area contributed by atoms with E-state index in [1.54, 1.807) is 14.2 Å². The van der Waals surface area contributed by atoms with E-state index in [1.165, 1.54) is 12.0 Å². The molecule has 0 bridgehead atoms. The van der Waals surface area contributed by atoms with Gasteiger partial charge in [-0.1, -0.05) is 24.3 Å². The van der Waals surface area contributed by atoms with Crippen molar-refractivity contribution >= 4 is 11.6 Å². The Morgan fingerprint density at radius 2 is 1.83 bits per heavy atom. The summed E-state index contributed by atoms with van der Waals surface area (Å²) < 4.78 is 10.7. The van der Waals surface area contributed by atoms with Crippen molar-refractivity contribution in [2.75, 3.05) is 39.3 Å². The van der Waals surface area contributed by atoms with Crippen LogP contribution in [0.5, 0.6) is 11.5 Å². The van der Waals surface area contributed by atoms with E-state index >= 15 is 0 Å². The number of piperidine rings is 1. The summed E-state index contributed by atoms with van der Waals surface area (Å²) in [6.07, 6.45) is 5.25. The molecule has 0 aliphatic carbocycles. The molecule has 2 aromatic rings. The minimum Gasteiger partial charge on any atom is -0.493 e. The molecule has 0 aromatic heterocycles. The van der Waals surface area contributed by atoms with E-state index in [-0.39, 0.29) is 5.91 Å². The summed E-state index contributed by atoms with van der Waals surface area (Å²) in [5.74, 6) is 1.72. The number of ether oxygens (including phenoxy) is 2. The normalized spacial score (nSPS) is 16.4. The van der Waals surface area contributed by atoms with Crippen molar-refractivity contribution in [1.29, 1.82) is 0 Å². The second kappa shape index (κ2) is 10.2. The molecule has 2 aromatic carbocycles. The molecular formula is C24H32N2O3. The van der Waals surface area contributed by atoms with Gasteiger partial charge >= 0.3 is 0 Å². The van der Waals surface area contributed by atoms with Crippen LogP contribution in [0.3, 0.4) is 0 Å². The number of rotatable bonds is 8. The first-order valence-corrected chi connectivity index (χ1v) is 10.4. The van der Waals surface area contributed by atoms with Gasteiger partial charge < -0.3 is 19.3 Å². The fourth-order valence-corrected chi connectivity index (χ4v) is 4.07. The number of methoxy groups -OCH3 is 2. The predicted octanol–water partition coefficient (Wildman–Crippen LogP) is 4.15. The first-order valence-electron chi connectivity index (χ1n) is 10.4. The highest BCUT2D eigenvalue weighted by atomic mass is 16.5. The van der Waals surface area contributed by atoms with Gasteiger partial charge in [0.1, 0.15) is 0 Å². The number of nitrogens with zero attached hydrogens (tertiary/aromatic N) is 2. The number of hydrogen-bond donors (Lipinski definition) is 0. The van der Waals surface area contributed by atoms with Crippen molar-refractivity contribution in [3.8, 4) is 11.5 Å². The van der Waals surface area contributed by atoms with Gasteiger partial charge in [0.15, 0.2) is 11.5 Å². The third kappa shape index (κ3) is 5.43. The largest absolute Gasteiger partial charge is 0.493 e. The van der Waals surface area contributed by atoms with Gasteiger partial charge in [-0.05, 0) is 61.9 Å². The molecule has 5 nitrogen and oxygen atoms in total. The van der Waals surface area contributed by atoms with Crippen LogP contribution in [0.1, 0.15) is 31.2 Å². The number of carbonyl (C=O) groups excluding carboxylic acids is 1. The number of amides is 1. The molecule has 1 fully saturated rings. The van der Waals surface area contributed by atoms with Gasteiger partial charge in [-0.3, -0.25) is 4.79 Å². The molecule has 0 N–H and O–H groups in total. The van der Waals surface area contributed by atoms with Crippen LogP contribution < -0.4 is 14.4 Å². The van der Waals surface area contributed by atoms with Crippen molar-refractivity contribution in [3.05, 3.63) is 54.1 Å². The zero-order chi connectivity index (χ0) is 20.6. The number of anilines is 1. The Labute approximate surface area is 174 Å². The molecule has 1 heterocycles. The lowest BCUT2D eigenvalue weighted by atomic mass is 9.95. The van der Waals surface area contributed by atoms with Crippen molar-refractivity contribution in [2.24, 2.45) is 0 Å². The number of carbonyl (C=O) groups is 1. The Morgan fingerprint density at radius 3 is 2.55 bits per heavy atom. The maximum Gasteiger partial charge on any atom is 0.242 e. The quantitative estimate of drug-likeness (QED) is 0.672. The molecule has 1 atom stereocenters. The van der Waals surface area contributed by atoms with Crippen LogP contribution in [0.25, 0.3) is 0 Å². The molecule has 1 unspecified atom stereocenters. The van der Waals surface area contributed by atoms with Crippen LogP contribution >= 0.6 is 0 Å². The molecular weight excluding hydrogens is 364 g/mol. The molecule has 1 saturated heterocycles. The highest BCUT2D eigenvalue weighted by molar-refractivity contribution is 5.81. The molecule has 0 saturated carbocycles. The minimum absolute atomic E-state index is 0.216. The number of likely N-dealkylation sites (N-methyl/N-ethyl adjacent to an activating group) is 1. The summed E-state index contributed by atoms with van der Waals surface area (Å²) in [5, 5.41) is 0. The third-order valence-electron chi connectivity index (χ3n) is 5.73. The molecule has 1 amide bonds. The van der Waals surface area contributed by atoms with Crippen LogP contribution in [0.2, 0.25) is 0 Å². The van der Waals surface area contributed by atoms with Gasteiger partial charge in [-0.2, -0.15) is 0 Å². The van der Waals surface area contributed by atoms with E-state index in [0.717, 1.165) is 49.4 Å².